The molecule has 0 spiro atoms. The van der Waals surface area contributed by atoms with Gasteiger partial charge in [-0.15, -0.1) is 11.8 Å². The van der Waals surface area contributed by atoms with Gasteiger partial charge in [0, 0.05) is 16.1 Å². The SMILES string of the molecule is CC1=CC(C)(C)Nc2ccc(OC(=O)[C@@H](Sc3ccccc3)c3ccccc3)cc21. The van der Waals surface area contributed by atoms with Gasteiger partial charge in [-0.1, -0.05) is 54.6 Å². The van der Waals surface area contributed by atoms with Crippen LogP contribution in [0, 0.1) is 0 Å². The molecule has 152 valence electrons. The van der Waals surface area contributed by atoms with Crippen molar-refractivity contribution in [2.75, 3.05) is 5.32 Å². The van der Waals surface area contributed by atoms with Crippen molar-refractivity contribution in [1.29, 1.82) is 0 Å². The molecule has 0 fully saturated rings. The van der Waals surface area contributed by atoms with Crippen LogP contribution in [0.25, 0.3) is 5.57 Å². The molecule has 1 heterocycles. The van der Waals surface area contributed by atoms with Gasteiger partial charge in [-0.25, -0.2) is 0 Å². The van der Waals surface area contributed by atoms with Crippen molar-refractivity contribution in [2.24, 2.45) is 0 Å². The smallest absolute Gasteiger partial charge is 0.329 e. The lowest BCUT2D eigenvalue weighted by molar-refractivity contribution is -0.133. The molecule has 1 aliphatic rings. The third kappa shape index (κ3) is 4.60. The molecule has 1 atom stereocenters. The minimum Gasteiger partial charge on any atom is -0.425 e. The Balaban J connectivity index is 1.59. The highest BCUT2D eigenvalue weighted by atomic mass is 32.2. The van der Waals surface area contributed by atoms with Crippen LogP contribution in [0.15, 0.2) is 89.8 Å². The maximum absolute atomic E-state index is 13.2. The molecule has 0 saturated carbocycles. The van der Waals surface area contributed by atoms with Gasteiger partial charge in [0.15, 0.2) is 0 Å². The number of fused-ring (bicyclic) bond motifs is 1. The van der Waals surface area contributed by atoms with Gasteiger partial charge in [0.25, 0.3) is 0 Å². The molecule has 4 rings (SSSR count). The summed E-state index contributed by atoms with van der Waals surface area (Å²) in [4.78, 5) is 14.2. The van der Waals surface area contributed by atoms with Gasteiger partial charge >= 0.3 is 5.97 Å². The first-order valence-corrected chi connectivity index (χ1v) is 10.9. The predicted octanol–water partition coefficient (Wildman–Crippen LogP) is 6.73. The minimum atomic E-state index is -0.446. The van der Waals surface area contributed by atoms with E-state index in [0.29, 0.717) is 5.75 Å². The Morgan fingerprint density at radius 3 is 2.33 bits per heavy atom. The van der Waals surface area contributed by atoms with Crippen molar-refractivity contribution in [3.63, 3.8) is 0 Å². The number of nitrogens with one attached hydrogen (secondary N) is 1. The number of ether oxygens (including phenoxy) is 1. The standard InChI is InChI=1S/C26H25NO2S/c1-18-17-26(2,3)27-23-15-14-20(16-22(18)23)29-25(28)24(19-10-6-4-7-11-19)30-21-12-8-5-9-13-21/h4-17,24,27H,1-3H3/t24-/m0/s1. The molecule has 0 saturated heterocycles. The molecule has 0 aromatic heterocycles. The average Bonchev–Trinajstić information content (AvgIpc) is 2.73. The van der Waals surface area contributed by atoms with E-state index in [4.69, 9.17) is 4.74 Å². The summed E-state index contributed by atoms with van der Waals surface area (Å²) in [5.41, 5.74) is 4.11. The monoisotopic (exact) mass is 415 g/mol. The van der Waals surface area contributed by atoms with Crippen LogP contribution in [-0.2, 0) is 4.79 Å². The van der Waals surface area contributed by atoms with Gasteiger partial charge in [0.05, 0.1) is 5.54 Å². The normalized spacial score (nSPS) is 15.4. The van der Waals surface area contributed by atoms with E-state index in [1.807, 2.05) is 78.9 Å². The Labute approximate surface area is 182 Å². The van der Waals surface area contributed by atoms with E-state index < -0.39 is 5.25 Å². The zero-order valence-electron chi connectivity index (χ0n) is 17.4. The van der Waals surface area contributed by atoms with Gasteiger partial charge in [0.1, 0.15) is 11.0 Å². The lowest BCUT2D eigenvalue weighted by Crippen LogP contribution is -2.31. The Kier molecular flexibility index (Phi) is 5.69. The summed E-state index contributed by atoms with van der Waals surface area (Å²) in [7, 11) is 0. The zero-order chi connectivity index (χ0) is 21.1. The second-order valence-corrected chi connectivity index (χ2v) is 9.20. The predicted molar refractivity (Wildman–Crippen MR) is 125 cm³/mol. The number of esters is 1. The number of benzene rings is 3. The largest absolute Gasteiger partial charge is 0.425 e. The van der Waals surface area contributed by atoms with Gasteiger partial charge < -0.3 is 10.1 Å². The average molecular weight is 416 g/mol. The van der Waals surface area contributed by atoms with E-state index in [-0.39, 0.29) is 11.5 Å². The Hall–Kier alpha value is -2.98. The summed E-state index contributed by atoms with van der Waals surface area (Å²) < 4.78 is 5.85. The maximum atomic E-state index is 13.2. The first-order chi connectivity index (χ1) is 14.4. The highest BCUT2D eigenvalue weighted by Gasteiger charge is 2.26. The summed E-state index contributed by atoms with van der Waals surface area (Å²) in [6, 6.07) is 25.5. The van der Waals surface area contributed by atoms with Crippen LogP contribution in [-0.4, -0.2) is 11.5 Å². The summed E-state index contributed by atoms with van der Waals surface area (Å²) in [5, 5.41) is 3.06. The molecule has 0 radical (unpaired) electrons. The molecule has 3 nitrogen and oxygen atoms in total. The van der Waals surface area contributed by atoms with Crippen molar-refractivity contribution in [3.8, 4) is 5.75 Å². The first kappa shape index (κ1) is 20.3. The molecule has 1 aliphatic heterocycles. The number of anilines is 1. The van der Waals surface area contributed by atoms with E-state index >= 15 is 0 Å². The van der Waals surface area contributed by atoms with Gasteiger partial charge in [-0.2, -0.15) is 0 Å². The number of rotatable bonds is 5. The zero-order valence-corrected chi connectivity index (χ0v) is 18.2. The fraction of sp³-hybridized carbons (Fsp3) is 0.192. The molecule has 1 N–H and O–H groups in total. The molecule has 3 aromatic rings. The van der Waals surface area contributed by atoms with Crippen LogP contribution < -0.4 is 10.1 Å². The highest BCUT2D eigenvalue weighted by Crippen LogP contribution is 2.38. The van der Waals surface area contributed by atoms with Crippen LogP contribution in [0.3, 0.4) is 0 Å². The minimum absolute atomic E-state index is 0.0972. The lowest BCUT2D eigenvalue weighted by Gasteiger charge is -2.31. The van der Waals surface area contributed by atoms with Crippen LogP contribution in [0.4, 0.5) is 5.69 Å². The van der Waals surface area contributed by atoms with E-state index in [1.54, 1.807) is 0 Å². The molecule has 0 aliphatic carbocycles. The topological polar surface area (TPSA) is 38.3 Å². The molecular formula is C26H25NO2S. The van der Waals surface area contributed by atoms with Crippen LogP contribution in [0.1, 0.15) is 37.1 Å². The van der Waals surface area contributed by atoms with Gasteiger partial charge in [0.2, 0.25) is 0 Å². The molecule has 0 amide bonds. The van der Waals surface area contributed by atoms with Crippen molar-refractivity contribution < 1.29 is 9.53 Å². The third-order valence-corrected chi connectivity index (χ3v) is 6.23. The summed E-state index contributed by atoms with van der Waals surface area (Å²) >= 11 is 1.50. The van der Waals surface area contributed by atoms with Crippen molar-refractivity contribution in [2.45, 2.75) is 36.5 Å². The lowest BCUT2D eigenvalue weighted by atomic mass is 9.91. The molecule has 4 heteroatoms. The number of hydrogen-bond acceptors (Lipinski definition) is 4. The Morgan fingerprint density at radius 1 is 0.967 bits per heavy atom. The van der Waals surface area contributed by atoms with Crippen molar-refractivity contribution in [1.82, 2.24) is 0 Å². The Bertz CT molecular complexity index is 1070. The van der Waals surface area contributed by atoms with Crippen LogP contribution in [0.5, 0.6) is 5.75 Å². The molecule has 30 heavy (non-hydrogen) atoms. The van der Waals surface area contributed by atoms with E-state index in [2.05, 4.69) is 32.2 Å². The summed E-state index contributed by atoms with van der Waals surface area (Å²) in [6.07, 6.45) is 2.19. The van der Waals surface area contributed by atoms with Crippen molar-refractivity contribution in [3.05, 3.63) is 96.1 Å². The summed E-state index contributed by atoms with van der Waals surface area (Å²) in [6.45, 7) is 6.36. The van der Waals surface area contributed by atoms with Crippen LogP contribution >= 0.6 is 11.8 Å². The Morgan fingerprint density at radius 2 is 1.63 bits per heavy atom. The van der Waals surface area contributed by atoms with Crippen molar-refractivity contribution >= 4 is 29.0 Å². The number of carbonyl (C=O) groups is 1. The number of allylic oxidation sites excluding steroid dienone is 1. The fourth-order valence-corrected chi connectivity index (χ4v) is 4.73. The van der Waals surface area contributed by atoms with E-state index in [9.17, 15) is 4.79 Å². The van der Waals surface area contributed by atoms with Gasteiger partial charge in [-0.3, -0.25) is 4.79 Å². The number of hydrogen-bond donors (Lipinski definition) is 1. The number of thioether (sulfide) groups is 1. The summed E-state index contributed by atoms with van der Waals surface area (Å²) in [5.74, 6) is 0.281. The van der Waals surface area contributed by atoms with E-state index in [1.165, 1.54) is 17.3 Å². The highest BCUT2D eigenvalue weighted by molar-refractivity contribution is 8.00. The fourth-order valence-electron chi connectivity index (χ4n) is 3.71. The molecule has 0 unspecified atom stereocenters. The van der Waals surface area contributed by atoms with Gasteiger partial charge in [-0.05, 0) is 62.2 Å². The maximum Gasteiger partial charge on any atom is 0.329 e. The molecule has 0 bridgehead atoms. The molecule has 3 aromatic carbocycles. The van der Waals surface area contributed by atoms with Crippen LogP contribution in [0.2, 0.25) is 0 Å². The van der Waals surface area contributed by atoms with E-state index in [0.717, 1.165) is 21.7 Å². The third-order valence-electron chi connectivity index (χ3n) is 4.98. The molecular weight excluding hydrogens is 390 g/mol. The second kappa shape index (κ2) is 8.41. The quantitative estimate of drug-likeness (QED) is 0.285. The number of carbonyl (C=O) groups excluding carboxylic acids is 1. The first-order valence-electron chi connectivity index (χ1n) is 10.0. The second-order valence-electron chi connectivity index (χ2n) is 8.02.